The number of rotatable bonds is 2. The summed E-state index contributed by atoms with van der Waals surface area (Å²) >= 11 is 4.78. The van der Waals surface area contributed by atoms with Gasteiger partial charge in [-0.05, 0) is 6.92 Å². The molecule has 100 valence electrons. The highest BCUT2D eigenvalue weighted by Crippen LogP contribution is 2.24. The number of ether oxygens (including phenoxy) is 1. The van der Waals surface area contributed by atoms with Gasteiger partial charge in [-0.1, -0.05) is 0 Å². The minimum atomic E-state index is -0.840. The van der Waals surface area contributed by atoms with Gasteiger partial charge in [0, 0.05) is 12.6 Å². The topological polar surface area (TPSA) is 91.5 Å². The number of carbonyl (C=O) groups excluding carboxylic acids is 2. The van der Waals surface area contributed by atoms with E-state index in [1.165, 1.54) is 11.1 Å². The summed E-state index contributed by atoms with van der Waals surface area (Å²) < 4.78 is 5.08. The maximum atomic E-state index is 11.9. The summed E-state index contributed by atoms with van der Waals surface area (Å²) in [6.07, 6.45) is -0.712. The van der Waals surface area contributed by atoms with Crippen LogP contribution in [0.15, 0.2) is 11.8 Å². The fraction of sp³-hybridized carbons (Fsp3) is 0.600. The number of quaternary nitrogens is 1. The number of carbonyl (C=O) groups is 2. The van der Waals surface area contributed by atoms with Crippen molar-refractivity contribution in [3.8, 4) is 0 Å². The van der Waals surface area contributed by atoms with E-state index in [0.29, 0.717) is 5.57 Å². The van der Waals surface area contributed by atoms with E-state index in [-0.39, 0.29) is 17.3 Å². The number of imide groups is 1. The van der Waals surface area contributed by atoms with Gasteiger partial charge in [0.1, 0.15) is 12.3 Å². The van der Waals surface area contributed by atoms with E-state index in [1.54, 1.807) is 6.92 Å². The number of aliphatic hydroxyl groups is 2. The van der Waals surface area contributed by atoms with Crippen LogP contribution >= 0.6 is 0 Å². The molecule has 0 aromatic carbocycles. The lowest BCUT2D eigenvalue weighted by Crippen LogP contribution is -3.15. The molecule has 4 atom stereocenters. The van der Waals surface area contributed by atoms with Crippen LogP contribution in [-0.4, -0.2) is 52.1 Å². The Morgan fingerprint density at radius 1 is 1.61 bits per heavy atom. The smallest absolute Gasteiger partial charge is 0.413 e. The Morgan fingerprint density at radius 3 is 2.83 bits per heavy atom. The Hall–Kier alpha value is -0.930. The molecule has 3 N–H and O–H groups in total. The summed E-state index contributed by atoms with van der Waals surface area (Å²) in [5, 5.41) is 18.6. The molecule has 2 aliphatic rings. The first kappa shape index (κ1) is 13.5. The van der Waals surface area contributed by atoms with Crippen LogP contribution in [0.5, 0.6) is 0 Å². The molecule has 0 aliphatic carbocycles. The van der Waals surface area contributed by atoms with E-state index >= 15 is 0 Å². The number of hydrogen-bond acceptors (Lipinski definition) is 6. The molecule has 18 heavy (non-hydrogen) atoms. The first-order valence-corrected chi connectivity index (χ1v) is 5.90. The summed E-state index contributed by atoms with van der Waals surface area (Å²) in [5.74, 6) is -0.455. The highest BCUT2D eigenvalue weighted by molar-refractivity contribution is 7.52. The highest BCUT2D eigenvalue weighted by Gasteiger charge is 2.42. The number of urea groups is 1. The fourth-order valence-electron chi connectivity index (χ4n) is 1.98. The monoisotopic (exact) mass is 274 g/mol. The molecule has 0 bridgehead atoms. The van der Waals surface area contributed by atoms with Gasteiger partial charge in [-0.15, -0.1) is 0 Å². The standard InChI is InChI=1S/C10H14N2O5S/c1-5-3-11(10(16)12(18)9(5)15)8-2-6(14)7(4-13)17-8/h3,6-8,12-14H,2,4H2,1H3/t6-,7+,8+/m0/s1. The number of hydrogen-bond donors (Lipinski definition) is 3. The lowest BCUT2D eigenvalue weighted by Gasteiger charge is -2.32. The number of nitrogens with zero attached hydrogens (tertiary/aromatic N) is 1. The molecular formula is C10H14N2O5S. The summed E-state index contributed by atoms with van der Waals surface area (Å²) in [7, 11) is 0. The van der Waals surface area contributed by atoms with Gasteiger partial charge in [-0.2, -0.15) is 0 Å². The molecule has 0 aromatic heterocycles. The largest absolute Gasteiger partial charge is 0.476 e. The Bertz CT molecular complexity index is 413. The molecule has 1 saturated heterocycles. The first-order valence-electron chi connectivity index (χ1n) is 5.49. The van der Waals surface area contributed by atoms with E-state index < -0.39 is 30.4 Å². The molecule has 1 unspecified atom stereocenters. The van der Waals surface area contributed by atoms with E-state index in [2.05, 4.69) is 0 Å². The van der Waals surface area contributed by atoms with Crippen LogP contribution in [0.3, 0.4) is 0 Å². The lowest BCUT2D eigenvalue weighted by atomic mass is 10.2. The summed E-state index contributed by atoms with van der Waals surface area (Å²) in [6.45, 7) is 1.23. The second-order valence-electron chi connectivity index (χ2n) is 4.30. The second kappa shape index (κ2) is 4.98. The molecule has 0 saturated carbocycles. The summed E-state index contributed by atoms with van der Waals surface area (Å²) in [4.78, 5) is 24.6. The maximum Gasteiger partial charge on any atom is 0.413 e. The Balaban J connectivity index is 2.19. The third-order valence-electron chi connectivity index (χ3n) is 3.02. The van der Waals surface area contributed by atoms with Crippen LogP contribution in [0.4, 0.5) is 4.79 Å². The number of nitrogens with one attached hydrogen (secondary N) is 1. The van der Waals surface area contributed by atoms with E-state index in [1.807, 2.05) is 0 Å². The average molecular weight is 274 g/mol. The van der Waals surface area contributed by atoms with Crippen LogP contribution in [0.1, 0.15) is 13.3 Å². The van der Waals surface area contributed by atoms with Crippen molar-refractivity contribution < 1.29 is 28.8 Å². The molecule has 2 aliphatic heterocycles. The van der Waals surface area contributed by atoms with E-state index in [4.69, 9.17) is 22.7 Å². The number of amides is 3. The van der Waals surface area contributed by atoms with Crippen molar-refractivity contribution in [2.45, 2.75) is 31.8 Å². The maximum absolute atomic E-state index is 11.9. The minimum Gasteiger partial charge on any atom is -0.476 e. The molecule has 8 heteroatoms. The summed E-state index contributed by atoms with van der Waals surface area (Å²) in [6, 6.07) is -0.601. The van der Waals surface area contributed by atoms with Gasteiger partial charge >= 0.3 is 11.9 Å². The Morgan fingerprint density at radius 2 is 2.28 bits per heavy atom. The van der Waals surface area contributed by atoms with Crippen molar-refractivity contribution in [2.24, 2.45) is 0 Å². The van der Waals surface area contributed by atoms with Gasteiger partial charge in [0.15, 0.2) is 0 Å². The van der Waals surface area contributed by atoms with Crippen LogP contribution in [0.2, 0.25) is 0 Å². The fourth-order valence-corrected chi connectivity index (χ4v) is 2.25. The van der Waals surface area contributed by atoms with Gasteiger partial charge in [0.2, 0.25) is 0 Å². The zero-order valence-electron chi connectivity index (χ0n) is 9.70. The van der Waals surface area contributed by atoms with E-state index in [9.17, 15) is 14.7 Å². The van der Waals surface area contributed by atoms with Gasteiger partial charge in [0.05, 0.1) is 18.3 Å². The van der Waals surface area contributed by atoms with Gasteiger partial charge in [-0.3, -0.25) is 4.31 Å². The third-order valence-corrected chi connectivity index (χ3v) is 3.38. The van der Waals surface area contributed by atoms with Crippen molar-refractivity contribution in [3.05, 3.63) is 11.8 Å². The molecule has 0 radical (unpaired) electrons. The predicted molar refractivity (Wildman–Crippen MR) is 60.7 cm³/mol. The molecule has 3 amide bonds. The van der Waals surface area contributed by atoms with Gasteiger partial charge in [0.25, 0.3) is 0 Å². The summed E-state index contributed by atoms with van der Waals surface area (Å²) in [5.41, 5.74) is 0.352. The minimum absolute atomic E-state index is 0.178. The molecule has 7 nitrogen and oxygen atoms in total. The van der Waals surface area contributed by atoms with Crippen molar-refractivity contribution in [1.29, 1.82) is 0 Å². The molecule has 2 rings (SSSR count). The third kappa shape index (κ3) is 2.17. The normalized spacial score (nSPS) is 37.1. The van der Waals surface area contributed by atoms with Crippen LogP contribution in [0.25, 0.3) is 0 Å². The molecule has 1 fully saturated rings. The van der Waals surface area contributed by atoms with Crippen molar-refractivity contribution in [2.75, 3.05) is 6.61 Å². The Labute approximate surface area is 109 Å². The predicted octanol–water partition coefficient (Wildman–Crippen LogP) is -2.33. The van der Waals surface area contributed by atoms with Gasteiger partial charge < -0.3 is 27.8 Å². The van der Waals surface area contributed by atoms with Gasteiger partial charge in [-0.25, -0.2) is 14.5 Å². The molecular weight excluding hydrogens is 260 g/mol. The highest BCUT2D eigenvalue weighted by atomic mass is 32.1. The van der Waals surface area contributed by atoms with Crippen molar-refractivity contribution in [3.63, 3.8) is 0 Å². The molecule has 0 aromatic rings. The van der Waals surface area contributed by atoms with Crippen molar-refractivity contribution >= 4 is 24.8 Å². The molecule has 0 spiro atoms. The lowest BCUT2D eigenvalue weighted by molar-refractivity contribution is -0.576. The Kier molecular flexibility index (Phi) is 3.74. The zero-order valence-corrected chi connectivity index (χ0v) is 10.5. The van der Waals surface area contributed by atoms with Crippen molar-refractivity contribution in [1.82, 2.24) is 4.90 Å². The number of aliphatic hydroxyl groups excluding tert-OH is 2. The van der Waals surface area contributed by atoms with Crippen LogP contribution < -0.4 is 4.31 Å². The second-order valence-corrected chi connectivity index (χ2v) is 4.71. The SMILES string of the molecule is CC1=CN([C@H]2C[C@H](O)[C@@H](CO)O2)C(=O)[NH+]([S-])C1=O. The van der Waals surface area contributed by atoms with E-state index in [0.717, 1.165) is 0 Å². The van der Waals surface area contributed by atoms with Crippen LogP contribution in [0, 0.1) is 0 Å². The van der Waals surface area contributed by atoms with Crippen LogP contribution in [-0.2, 0) is 22.3 Å². The zero-order chi connectivity index (χ0) is 13.4. The molecule has 2 heterocycles. The quantitative estimate of drug-likeness (QED) is 0.489. The average Bonchev–Trinajstić information content (AvgIpc) is 2.72. The first-order chi connectivity index (χ1) is 8.45.